The van der Waals surface area contributed by atoms with Gasteiger partial charge < -0.3 is 28.8 Å². The lowest BCUT2D eigenvalue weighted by Gasteiger charge is -2.56. The van der Waals surface area contributed by atoms with Crippen molar-refractivity contribution in [2.45, 2.75) is 94.5 Å². The molecule has 1 aromatic carbocycles. The van der Waals surface area contributed by atoms with Gasteiger partial charge in [-0.05, 0) is 18.1 Å². The molecule has 3 saturated heterocycles. The van der Waals surface area contributed by atoms with E-state index in [1.807, 2.05) is 37.3 Å². The number of hydrogen-bond acceptors (Lipinski definition) is 8. The number of carbonyl (C=O) groups excluding carboxylic acids is 2. The van der Waals surface area contributed by atoms with Gasteiger partial charge in [0.05, 0.1) is 43.7 Å². The number of carbonyl (C=O) groups is 2. The van der Waals surface area contributed by atoms with Gasteiger partial charge in [-0.25, -0.2) is 0 Å². The Morgan fingerprint density at radius 1 is 1.21 bits per heavy atom. The Morgan fingerprint density at radius 2 is 1.97 bits per heavy atom. The van der Waals surface area contributed by atoms with E-state index in [1.54, 1.807) is 0 Å². The normalized spacial score (nSPS) is 37.2. The van der Waals surface area contributed by atoms with Crippen molar-refractivity contribution < 1.29 is 38.4 Å². The van der Waals surface area contributed by atoms with Crippen molar-refractivity contribution >= 4 is 12.3 Å². The van der Waals surface area contributed by atoms with Crippen LogP contribution in [0.5, 0.6) is 0 Å². The van der Waals surface area contributed by atoms with Crippen LogP contribution in [0.3, 0.4) is 0 Å². The Morgan fingerprint density at radius 3 is 2.68 bits per heavy atom. The van der Waals surface area contributed by atoms with E-state index in [4.69, 9.17) is 23.7 Å². The molecule has 4 rings (SSSR count). The first-order valence-corrected chi connectivity index (χ1v) is 11.9. The summed E-state index contributed by atoms with van der Waals surface area (Å²) in [4.78, 5) is 22.9. The van der Waals surface area contributed by atoms with Crippen molar-refractivity contribution in [3.63, 3.8) is 0 Å². The standard InChI is InChI=1S/C26H34O8/c1-16(13-27)9-19-10-24(31-17(2)28)26(3)25(32-19)12-21-22(34-26)11-20(29)23(33-21)15-30-14-18-7-5-4-6-8-18/h4-8,13,19-25,29H,1,9-12,14-15H2,2-3H3/t19-,20+,21+,22-,23-,24+,25-,26+/m1/s1. The van der Waals surface area contributed by atoms with Crippen molar-refractivity contribution in [1.82, 2.24) is 0 Å². The maximum absolute atomic E-state index is 11.8. The molecule has 0 radical (unpaired) electrons. The van der Waals surface area contributed by atoms with E-state index in [9.17, 15) is 14.7 Å². The molecule has 0 saturated carbocycles. The topological polar surface area (TPSA) is 101 Å². The number of ether oxygens (including phenoxy) is 5. The Balaban J connectivity index is 1.42. The van der Waals surface area contributed by atoms with Gasteiger partial charge in [-0.2, -0.15) is 0 Å². The molecule has 8 atom stereocenters. The molecule has 8 heteroatoms. The van der Waals surface area contributed by atoms with Gasteiger partial charge in [0.15, 0.2) is 0 Å². The molecule has 3 aliphatic heterocycles. The highest BCUT2D eigenvalue weighted by Gasteiger charge is 2.58. The fourth-order valence-corrected chi connectivity index (χ4v) is 5.21. The zero-order chi connectivity index (χ0) is 24.3. The van der Waals surface area contributed by atoms with Gasteiger partial charge >= 0.3 is 5.97 Å². The van der Waals surface area contributed by atoms with Crippen molar-refractivity contribution in [2.24, 2.45) is 0 Å². The van der Waals surface area contributed by atoms with Gasteiger partial charge in [0.2, 0.25) is 0 Å². The summed E-state index contributed by atoms with van der Waals surface area (Å²) in [7, 11) is 0. The first kappa shape index (κ1) is 25.0. The molecule has 3 aliphatic rings. The van der Waals surface area contributed by atoms with Gasteiger partial charge in [0, 0.05) is 32.6 Å². The summed E-state index contributed by atoms with van der Waals surface area (Å²) in [6.07, 6.45) is -0.744. The van der Waals surface area contributed by atoms with Crippen LogP contribution < -0.4 is 0 Å². The molecule has 0 spiro atoms. The molecule has 8 nitrogen and oxygen atoms in total. The van der Waals surface area contributed by atoms with Crippen LogP contribution in [0.15, 0.2) is 42.5 Å². The number of hydrogen-bond donors (Lipinski definition) is 1. The smallest absolute Gasteiger partial charge is 0.303 e. The van der Waals surface area contributed by atoms with E-state index >= 15 is 0 Å². The second-order valence-corrected chi connectivity index (χ2v) is 9.65. The molecule has 1 N–H and O–H groups in total. The van der Waals surface area contributed by atoms with Gasteiger partial charge in [-0.3, -0.25) is 9.59 Å². The van der Waals surface area contributed by atoms with Crippen LogP contribution in [0, 0.1) is 0 Å². The van der Waals surface area contributed by atoms with Crippen LogP contribution in [0.25, 0.3) is 0 Å². The van der Waals surface area contributed by atoms with E-state index in [0.29, 0.717) is 37.9 Å². The third kappa shape index (κ3) is 5.58. The summed E-state index contributed by atoms with van der Waals surface area (Å²) in [5.74, 6) is -0.402. The number of rotatable bonds is 8. The first-order chi connectivity index (χ1) is 16.3. The molecule has 0 bridgehead atoms. The van der Waals surface area contributed by atoms with E-state index < -0.39 is 36.0 Å². The minimum Gasteiger partial charge on any atom is -0.459 e. The Hall–Kier alpha value is -2.10. The molecule has 0 aliphatic carbocycles. The average Bonchev–Trinajstić information content (AvgIpc) is 2.79. The Labute approximate surface area is 200 Å². The predicted molar refractivity (Wildman–Crippen MR) is 122 cm³/mol. The molecule has 0 amide bonds. The molecule has 34 heavy (non-hydrogen) atoms. The van der Waals surface area contributed by atoms with Crippen molar-refractivity contribution in [2.75, 3.05) is 6.61 Å². The lowest BCUT2D eigenvalue weighted by atomic mass is 9.77. The van der Waals surface area contributed by atoms with Crippen molar-refractivity contribution in [1.29, 1.82) is 0 Å². The fourth-order valence-electron chi connectivity index (χ4n) is 5.21. The van der Waals surface area contributed by atoms with E-state index in [1.165, 1.54) is 6.92 Å². The van der Waals surface area contributed by atoms with Crippen LogP contribution in [0.1, 0.15) is 45.1 Å². The number of esters is 1. The van der Waals surface area contributed by atoms with E-state index in [0.717, 1.165) is 11.8 Å². The summed E-state index contributed by atoms with van der Waals surface area (Å²) in [6.45, 7) is 7.71. The van der Waals surface area contributed by atoms with Crippen molar-refractivity contribution in [3.05, 3.63) is 48.0 Å². The lowest BCUT2D eigenvalue weighted by molar-refractivity contribution is -0.327. The summed E-state index contributed by atoms with van der Waals surface area (Å²) in [5, 5.41) is 10.7. The largest absolute Gasteiger partial charge is 0.459 e. The molecule has 1 aromatic rings. The van der Waals surface area contributed by atoms with E-state index in [2.05, 4.69) is 6.58 Å². The van der Waals surface area contributed by atoms with Gasteiger partial charge in [0.25, 0.3) is 0 Å². The SMILES string of the molecule is C=C(C=O)C[C@@H]1C[C@H](OC(C)=O)[C@]2(C)O[C@@H]3C[C@H](O)[C@@H](COCc4ccccc4)O[C@H]3C[C@H]2O1. The highest BCUT2D eigenvalue weighted by Crippen LogP contribution is 2.45. The molecule has 3 fully saturated rings. The third-order valence-electron chi connectivity index (χ3n) is 6.99. The fraction of sp³-hybridized carbons (Fsp3) is 0.615. The minimum atomic E-state index is -0.883. The van der Waals surface area contributed by atoms with Crippen LogP contribution >= 0.6 is 0 Å². The average molecular weight is 475 g/mol. The molecular formula is C26H34O8. The number of benzene rings is 1. The van der Waals surface area contributed by atoms with Gasteiger partial charge in [-0.15, -0.1) is 0 Å². The maximum atomic E-state index is 11.8. The van der Waals surface area contributed by atoms with Crippen LogP contribution in [0.4, 0.5) is 0 Å². The summed E-state index contributed by atoms with van der Waals surface area (Å²) in [5.41, 5.74) is 0.598. The second-order valence-electron chi connectivity index (χ2n) is 9.65. The maximum Gasteiger partial charge on any atom is 0.303 e. The zero-order valence-corrected chi connectivity index (χ0v) is 19.8. The highest BCUT2D eigenvalue weighted by atomic mass is 16.6. The monoisotopic (exact) mass is 474 g/mol. The van der Waals surface area contributed by atoms with Crippen molar-refractivity contribution in [3.8, 4) is 0 Å². The number of aldehydes is 1. The molecule has 0 aromatic heterocycles. The summed E-state index contributed by atoms with van der Waals surface area (Å²) >= 11 is 0. The van der Waals surface area contributed by atoms with Crippen LogP contribution in [-0.4, -0.2) is 72.3 Å². The quantitative estimate of drug-likeness (QED) is 0.349. The van der Waals surface area contributed by atoms with Crippen LogP contribution in [-0.2, 0) is 39.9 Å². The summed E-state index contributed by atoms with van der Waals surface area (Å²) in [6, 6.07) is 9.83. The van der Waals surface area contributed by atoms with Gasteiger partial charge in [-0.1, -0.05) is 36.9 Å². The predicted octanol–water partition coefficient (Wildman–Crippen LogP) is 2.50. The molecule has 186 valence electrons. The highest BCUT2D eigenvalue weighted by molar-refractivity contribution is 5.72. The minimum absolute atomic E-state index is 0.264. The molecular weight excluding hydrogens is 440 g/mol. The Kier molecular flexibility index (Phi) is 7.84. The number of aliphatic hydroxyl groups is 1. The molecule has 3 heterocycles. The number of fused-ring (bicyclic) bond motifs is 2. The molecule has 0 unspecified atom stereocenters. The second kappa shape index (κ2) is 10.7. The zero-order valence-electron chi connectivity index (χ0n) is 19.8. The van der Waals surface area contributed by atoms with Gasteiger partial charge in [0.1, 0.15) is 24.1 Å². The first-order valence-electron chi connectivity index (χ1n) is 11.9. The number of aliphatic hydroxyl groups excluding tert-OH is 1. The Bertz CT molecular complexity index is 873. The third-order valence-corrected chi connectivity index (χ3v) is 6.99. The van der Waals surface area contributed by atoms with E-state index in [-0.39, 0.29) is 24.9 Å². The summed E-state index contributed by atoms with van der Waals surface area (Å²) < 4.78 is 30.5. The van der Waals surface area contributed by atoms with Crippen LogP contribution in [0.2, 0.25) is 0 Å². The lowest BCUT2D eigenvalue weighted by Crippen LogP contribution is -2.68.